The first-order chi connectivity index (χ1) is 18.4. The normalized spacial score (nSPS) is 34.7. The molecule has 0 amide bonds. The molecule has 8 atom stereocenters. The highest BCUT2D eigenvalue weighted by atomic mass is 16.6. The highest BCUT2D eigenvalue weighted by Crippen LogP contribution is 2.32. The van der Waals surface area contributed by atoms with Gasteiger partial charge >= 0.3 is 11.9 Å². The molecule has 3 aliphatic heterocycles. The second-order valence-electron chi connectivity index (χ2n) is 10.3. The minimum absolute atomic E-state index is 0.0605. The second-order valence-corrected chi connectivity index (χ2v) is 10.3. The van der Waals surface area contributed by atoms with Crippen LogP contribution in [0.15, 0.2) is 25.3 Å². The van der Waals surface area contributed by atoms with Crippen LogP contribution in [-0.4, -0.2) is 87.2 Å². The lowest BCUT2D eigenvalue weighted by Gasteiger charge is -2.33. The Morgan fingerprint density at radius 2 is 1.26 bits per heavy atom. The van der Waals surface area contributed by atoms with E-state index in [1.165, 1.54) is 13.8 Å². The molecule has 0 spiro atoms. The van der Waals surface area contributed by atoms with Crippen LogP contribution < -0.4 is 0 Å². The van der Waals surface area contributed by atoms with Gasteiger partial charge in [0.25, 0.3) is 0 Å². The Morgan fingerprint density at radius 1 is 0.737 bits per heavy atom. The van der Waals surface area contributed by atoms with Crippen molar-refractivity contribution in [2.45, 2.75) is 120 Å². The number of esters is 2. The van der Waals surface area contributed by atoms with Crippen molar-refractivity contribution in [3.63, 3.8) is 0 Å². The van der Waals surface area contributed by atoms with Gasteiger partial charge in [-0.25, -0.2) is 0 Å². The summed E-state index contributed by atoms with van der Waals surface area (Å²) in [5, 5.41) is 0. The van der Waals surface area contributed by atoms with Crippen LogP contribution in [-0.2, 0) is 42.7 Å². The maximum atomic E-state index is 11.7. The predicted octanol–water partition coefficient (Wildman–Crippen LogP) is 4.07. The predicted molar refractivity (Wildman–Crippen MR) is 141 cm³/mol. The van der Waals surface area contributed by atoms with Gasteiger partial charge in [0.05, 0.1) is 37.1 Å². The smallest absolute Gasteiger partial charge is 0.302 e. The average Bonchev–Trinajstić information content (AvgIpc) is 3.32. The van der Waals surface area contributed by atoms with Gasteiger partial charge in [-0.3, -0.25) is 9.59 Å². The van der Waals surface area contributed by atoms with E-state index in [4.69, 9.17) is 33.2 Å². The van der Waals surface area contributed by atoms with E-state index in [2.05, 4.69) is 13.2 Å². The third-order valence-corrected chi connectivity index (χ3v) is 7.36. The Labute approximate surface area is 227 Å². The van der Waals surface area contributed by atoms with Crippen molar-refractivity contribution in [3.05, 3.63) is 25.3 Å². The number of carbonyl (C=O) groups is 2. The molecule has 0 N–H and O–H groups in total. The van der Waals surface area contributed by atoms with Gasteiger partial charge in [0.2, 0.25) is 0 Å². The van der Waals surface area contributed by atoms with Crippen molar-refractivity contribution in [2.24, 2.45) is 0 Å². The molecule has 3 rings (SSSR count). The van der Waals surface area contributed by atoms with Gasteiger partial charge in [-0.1, -0.05) is 12.2 Å². The van der Waals surface area contributed by atoms with Gasteiger partial charge in [0.1, 0.15) is 24.9 Å². The summed E-state index contributed by atoms with van der Waals surface area (Å²) in [6, 6.07) is 0. The number of hydrogen-bond acceptors (Lipinski definition) is 9. The third-order valence-electron chi connectivity index (χ3n) is 7.36. The van der Waals surface area contributed by atoms with Crippen LogP contribution in [0, 0.1) is 0 Å². The summed E-state index contributed by atoms with van der Waals surface area (Å²) in [7, 11) is 0. The number of rotatable bonds is 11. The van der Waals surface area contributed by atoms with E-state index in [0.29, 0.717) is 32.5 Å². The molecule has 3 saturated heterocycles. The fourth-order valence-electron chi connectivity index (χ4n) is 5.39. The lowest BCUT2D eigenvalue weighted by atomic mass is 10.0. The monoisotopic (exact) mass is 538 g/mol. The van der Waals surface area contributed by atoms with Crippen LogP contribution in [0.4, 0.5) is 0 Å². The Kier molecular flexibility index (Phi) is 13.2. The third kappa shape index (κ3) is 9.75. The SMILES string of the molecule is C=C[C@@H]1OCCCC[C@H]1O[C@H]1CC[C@@H](O[C@H]2CCCCO[C@@H]2C=C)C(CCOC(C)=O)O[C@@H]1COC(C)=O. The molecule has 0 saturated carbocycles. The zero-order valence-corrected chi connectivity index (χ0v) is 23.1. The van der Waals surface area contributed by atoms with E-state index in [-0.39, 0.29) is 61.8 Å². The fourth-order valence-corrected chi connectivity index (χ4v) is 5.39. The summed E-state index contributed by atoms with van der Waals surface area (Å²) in [4.78, 5) is 23.2. The van der Waals surface area contributed by atoms with Crippen molar-refractivity contribution >= 4 is 11.9 Å². The molecule has 0 radical (unpaired) electrons. The van der Waals surface area contributed by atoms with E-state index in [1.54, 1.807) is 12.2 Å². The first-order valence-electron chi connectivity index (χ1n) is 14.1. The summed E-state index contributed by atoms with van der Waals surface area (Å²) in [5.41, 5.74) is 0. The van der Waals surface area contributed by atoms with E-state index >= 15 is 0 Å². The summed E-state index contributed by atoms with van der Waals surface area (Å²) in [6.45, 7) is 12.3. The van der Waals surface area contributed by atoms with Gasteiger partial charge in [-0.05, 0) is 51.4 Å². The molecule has 1 unspecified atom stereocenters. The number of hydrogen-bond donors (Lipinski definition) is 0. The van der Waals surface area contributed by atoms with E-state index < -0.39 is 12.2 Å². The molecule has 0 bridgehead atoms. The van der Waals surface area contributed by atoms with Gasteiger partial charge < -0.3 is 33.2 Å². The standard InChI is InChI=1S/C29H46O9/c1-5-22-24(11-7-9-16-33-22)36-26-13-14-27(37-25-12-8-10-17-34-23(25)6-2)29(19-35-21(4)31)38-28(26)15-18-32-20(3)30/h5-6,22-29H,1-2,7-19H2,3-4H3/t22-,23+,24+,25-,26-,27+,28?,29-/m1/s1. The van der Waals surface area contributed by atoms with E-state index in [0.717, 1.165) is 38.5 Å². The molecular weight excluding hydrogens is 492 g/mol. The van der Waals surface area contributed by atoms with E-state index in [9.17, 15) is 9.59 Å². The van der Waals surface area contributed by atoms with Gasteiger partial charge in [-0.2, -0.15) is 0 Å². The molecular formula is C29H46O9. The minimum Gasteiger partial charge on any atom is -0.466 e. The number of carbonyl (C=O) groups excluding carboxylic acids is 2. The first-order valence-corrected chi connectivity index (χ1v) is 14.1. The van der Waals surface area contributed by atoms with Gasteiger partial charge in [0, 0.05) is 33.5 Å². The quantitative estimate of drug-likeness (QED) is 0.285. The van der Waals surface area contributed by atoms with Crippen LogP contribution in [0.3, 0.4) is 0 Å². The van der Waals surface area contributed by atoms with Crippen LogP contribution in [0.2, 0.25) is 0 Å². The van der Waals surface area contributed by atoms with Crippen LogP contribution >= 0.6 is 0 Å². The molecule has 216 valence electrons. The molecule has 9 nitrogen and oxygen atoms in total. The molecule has 0 aromatic rings. The van der Waals surface area contributed by atoms with Crippen LogP contribution in [0.1, 0.15) is 71.6 Å². The largest absolute Gasteiger partial charge is 0.466 e. The number of ether oxygens (including phenoxy) is 7. The first kappa shape index (κ1) is 30.8. The Hall–Kier alpha value is -1.78. The fraction of sp³-hybridized carbons (Fsp3) is 0.793. The minimum atomic E-state index is -0.510. The lowest BCUT2D eigenvalue weighted by Crippen LogP contribution is -2.43. The summed E-state index contributed by atoms with van der Waals surface area (Å²) >= 11 is 0. The van der Waals surface area contributed by atoms with Crippen LogP contribution in [0.25, 0.3) is 0 Å². The molecule has 0 aromatic carbocycles. The average molecular weight is 539 g/mol. The molecule has 38 heavy (non-hydrogen) atoms. The molecule has 0 aliphatic carbocycles. The lowest BCUT2D eigenvalue weighted by molar-refractivity contribution is -0.182. The maximum absolute atomic E-state index is 11.7. The van der Waals surface area contributed by atoms with Crippen molar-refractivity contribution in [2.75, 3.05) is 26.4 Å². The van der Waals surface area contributed by atoms with E-state index in [1.807, 2.05) is 0 Å². The zero-order chi connectivity index (χ0) is 27.3. The van der Waals surface area contributed by atoms with Gasteiger partial charge in [-0.15, -0.1) is 13.2 Å². The summed E-state index contributed by atoms with van der Waals surface area (Å²) < 4.78 is 42.5. The highest BCUT2D eigenvalue weighted by Gasteiger charge is 2.40. The van der Waals surface area contributed by atoms with Crippen molar-refractivity contribution < 1.29 is 42.7 Å². The zero-order valence-electron chi connectivity index (χ0n) is 23.1. The van der Waals surface area contributed by atoms with Crippen LogP contribution in [0.5, 0.6) is 0 Å². The second kappa shape index (κ2) is 16.4. The maximum Gasteiger partial charge on any atom is 0.302 e. The summed E-state index contributed by atoms with van der Waals surface area (Å²) in [5.74, 6) is -0.728. The molecule has 3 heterocycles. The van der Waals surface area contributed by atoms with Crippen molar-refractivity contribution in [1.82, 2.24) is 0 Å². The molecule has 3 aliphatic rings. The Morgan fingerprint density at radius 3 is 1.76 bits per heavy atom. The van der Waals surface area contributed by atoms with Crippen molar-refractivity contribution in [3.8, 4) is 0 Å². The molecule has 9 heteroatoms. The molecule has 0 aromatic heterocycles. The van der Waals surface area contributed by atoms with Crippen molar-refractivity contribution in [1.29, 1.82) is 0 Å². The highest BCUT2D eigenvalue weighted by molar-refractivity contribution is 5.66. The molecule has 3 fully saturated rings. The van der Waals surface area contributed by atoms with Gasteiger partial charge in [0.15, 0.2) is 0 Å². The summed E-state index contributed by atoms with van der Waals surface area (Å²) in [6.07, 6.45) is 8.79. The Bertz CT molecular complexity index is 756. The topological polar surface area (TPSA) is 98.8 Å². The Balaban J connectivity index is 1.80.